The molecule has 0 saturated heterocycles. The van der Waals surface area contributed by atoms with Crippen LogP contribution in [0.2, 0.25) is 0 Å². The van der Waals surface area contributed by atoms with Gasteiger partial charge in [0.25, 0.3) is 0 Å². The second-order valence-electron chi connectivity index (χ2n) is 4.95. The minimum absolute atomic E-state index is 0.257. The SMILES string of the molecule is CC(C)(N)CCn1c(=O)[nH]c2c(F)cccc21. The second-order valence-corrected chi connectivity index (χ2v) is 4.95. The van der Waals surface area contributed by atoms with E-state index in [1.807, 2.05) is 13.8 Å². The topological polar surface area (TPSA) is 63.8 Å². The highest BCUT2D eigenvalue weighted by Crippen LogP contribution is 2.15. The van der Waals surface area contributed by atoms with Gasteiger partial charge in [0.15, 0.2) is 0 Å². The van der Waals surface area contributed by atoms with Gasteiger partial charge in [0, 0.05) is 12.1 Å². The molecule has 0 unspecified atom stereocenters. The first-order chi connectivity index (χ1) is 7.88. The molecule has 0 fully saturated rings. The maximum Gasteiger partial charge on any atom is 0.326 e. The Balaban J connectivity index is 2.44. The third-order valence-corrected chi connectivity index (χ3v) is 2.74. The van der Waals surface area contributed by atoms with E-state index in [4.69, 9.17) is 5.73 Å². The van der Waals surface area contributed by atoms with Crippen LogP contribution in [0.15, 0.2) is 23.0 Å². The largest absolute Gasteiger partial charge is 0.326 e. The zero-order valence-corrected chi connectivity index (χ0v) is 9.96. The van der Waals surface area contributed by atoms with Gasteiger partial charge >= 0.3 is 5.69 Å². The van der Waals surface area contributed by atoms with Crippen LogP contribution in [0.25, 0.3) is 11.0 Å². The number of rotatable bonds is 3. The first-order valence-electron chi connectivity index (χ1n) is 5.54. The summed E-state index contributed by atoms with van der Waals surface area (Å²) < 4.78 is 15.0. The molecule has 1 aromatic carbocycles. The molecule has 0 radical (unpaired) electrons. The third-order valence-electron chi connectivity index (χ3n) is 2.74. The van der Waals surface area contributed by atoms with Crippen molar-refractivity contribution in [2.45, 2.75) is 32.4 Å². The second kappa shape index (κ2) is 4.00. The molecule has 3 N–H and O–H groups in total. The van der Waals surface area contributed by atoms with E-state index in [1.54, 1.807) is 12.1 Å². The van der Waals surface area contributed by atoms with Crippen molar-refractivity contribution >= 4 is 11.0 Å². The van der Waals surface area contributed by atoms with Crippen LogP contribution in [0.5, 0.6) is 0 Å². The quantitative estimate of drug-likeness (QED) is 0.851. The van der Waals surface area contributed by atoms with E-state index in [2.05, 4.69) is 4.98 Å². The van der Waals surface area contributed by atoms with E-state index < -0.39 is 5.82 Å². The van der Waals surface area contributed by atoms with Gasteiger partial charge in [-0.05, 0) is 32.4 Å². The van der Waals surface area contributed by atoms with Crippen molar-refractivity contribution in [3.63, 3.8) is 0 Å². The number of aryl methyl sites for hydroxylation is 1. The Morgan fingerprint density at radius 1 is 1.47 bits per heavy atom. The van der Waals surface area contributed by atoms with E-state index >= 15 is 0 Å². The van der Waals surface area contributed by atoms with Gasteiger partial charge in [0.2, 0.25) is 0 Å². The van der Waals surface area contributed by atoms with Gasteiger partial charge in [-0.25, -0.2) is 9.18 Å². The molecular weight excluding hydrogens is 221 g/mol. The van der Waals surface area contributed by atoms with Crippen molar-refractivity contribution in [3.8, 4) is 0 Å². The van der Waals surface area contributed by atoms with Crippen LogP contribution in [-0.2, 0) is 6.54 Å². The van der Waals surface area contributed by atoms with E-state index in [1.165, 1.54) is 10.6 Å². The molecule has 17 heavy (non-hydrogen) atoms. The third kappa shape index (κ3) is 2.39. The average molecular weight is 237 g/mol. The van der Waals surface area contributed by atoms with Crippen LogP contribution >= 0.6 is 0 Å². The van der Waals surface area contributed by atoms with Gasteiger partial charge in [-0.15, -0.1) is 0 Å². The summed E-state index contributed by atoms with van der Waals surface area (Å²) in [4.78, 5) is 14.2. The maximum absolute atomic E-state index is 13.4. The van der Waals surface area contributed by atoms with Crippen LogP contribution in [0, 0.1) is 5.82 Å². The molecule has 1 heterocycles. The lowest BCUT2D eigenvalue weighted by Crippen LogP contribution is -2.34. The van der Waals surface area contributed by atoms with Crippen molar-refractivity contribution in [1.82, 2.24) is 9.55 Å². The summed E-state index contributed by atoms with van der Waals surface area (Å²) in [6.07, 6.45) is 0.649. The standard InChI is InChI=1S/C12H16FN3O/c1-12(2,14)6-7-16-9-5-3-4-8(13)10(9)15-11(16)17/h3-5H,6-7,14H2,1-2H3,(H,15,17). The van der Waals surface area contributed by atoms with Crippen LogP contribution < -0.4 is 11.4 Å². The number of aromatic nitrogens is 2. The van der Waals surface area contributed by atoms with E-state index in [0.29, 0.717) is 18.5 Å². The molecule has 0 amide bonds. The smallest absolute Gasteiger partial charge is 0.325 e. The number of imidazole rings is 1. The highest BCUT2D eigenvalue weighted by atomic mass is 19.1. The number of halogens is 1. The number of para-hydroxylation sites is 1. The van der Waals surface area contributed by atoms with Crippen molar-refractivity contribution in [1.29, 1.82) is 0 Å². The molecule has 0 atom stereocenters. The van der Waals surface area contributed by atoms with Gasteiger partial charge in [-0.3, -0.25) is 4.57 Å². The molecule has 0 aliphatic carbocycles. The number of nitrogens with two attached hydrogens (primary N) is 1. The lowest BCUT2D eigenvalue weighted by Gasteiger charge is -2.18. The summed E-state index contributed by atoms with van der Waals surface area (Å²) in [5.74, 6) is -0.412. The molecule has 0 bridgehead atoms. The number of nitrogens with one attached hydrogen (secondary N) is 1. The fraction of sp³-hybridized carbons (Fsp3) is 0.417. The molecule has 4 nitrogen and oxygen atoms in total. The Bertz CT molecular complexity index is 592. The predicted octanol–water partition coefficient (Wildman–Crippen LogP) is 1.60. The Morgan fingerprint density at radius 3 is 2.82 bits per heavy atom. The van der Waals surface area contributed by atoms with Crippen LogP contribution in [0.4, 0.5) is 4.39 Å². The van der Waals surface area contributed by atoms with Gasteiger partial charge in [0.05, 0.1) is 5.52 Å². The summed E-state index contributed by atoms with van der Waals surface area (Å²) >= 11 is 0. The maximum atomic E-state index is 13.4. The molecule has 92 valence electrons. The first-order valence-corrected chi connectivity index (χ1v) is 5.54. The number of hydrogen-bond donors (Lipinski definition) is 2. The summed E-state index contributed by atoms with van der Waals surface area (Å²) in [5, 5.41) is 0. The molecule has 2 aromatic rings. The highest BCUT2D eigenvalue weighted by Gasteiger charge is 2.14. The molecule has 1 aromatic heterocycles. The molecule has 5 heteroatoms. The van der Waals surface area contributed by atoms with Crippen LogP contribution in [0.3, 0.4) is 0 Å². The molecule has 0 aliphatic rings. The Morgan fingerprint density at radius 2 is 2.18 bits per heavy atom. The normalized spacial score (nSPS) is 12.2. The molecule has 0 saturated carbocycles. The Hall–Kier alpha value is -1.62. The number of H-pyrrole nitrogens is 1. The average Bonchev–Trinajstić information content (AvgIpc) is 2.52. The van der Waals surface area contributed by atoms with Gasteiger partial charge < -0.3 is 10.7 Å². The van der Waals surface area contributed by atoms with E-state index in [-0.39, 0.29) is 16.7 Å². The van der Waals surface area contributed by atoms with Crippen molar-refractivity contribution in [3.05, 3.63) is 34.5 Å². The molecule has 0 aliphatic heterocycles. The number of fused-ring (bicyclic) bond motifs is 1. The summed E-state index contributed by atoms with van der Waals surface area (Å²) in [6.45, 7) is 4.27. The number of hydrogen-bond acceptors (Lipinski definition) is 2. The minimum atomic E-state index is -0.412. The number of benzene rings is 1. The van der Waals surface area contributed by atoms with Crippen molar-refractivity contribution in [2.75, 3.05) is 0 Å². The Labute approximate surface area is 98.2 Å². The van der Waals surface area contributed by atoms with Gasteiger partial charge in [-0.1, -0.05) is 6.07 Å². The lowest BCUT2D eigenvalue weighted by molar-refractivity contribution is 0.436. The van der Waals surface area contributed by atoms with Crippen molar-refractivity contribution in [2.24, 2.45) is 5.73 Å². The summed E-state index contributed by atoms with van der Waals surface area (Å²) in [7, 11) is 0. The molecule has 0 spiro atoms. The fourth-order valence-corrected chi connectivity index (χ4v) is 1.77. The zero-order chi connectivity index (χ0) is 12.6. The van der Waals surface area contributed by atoms with Crippen LogP contribution in [-0.4, -0.2) is 15.1 Å². The predicted molar refractivity (Wildman–Crippen MR) is 65.4 cm³/mol. The van der Waals surface area contributed by atoms with E-state index in [9.17, 15) is 9.18 Å². The summed E-state index contributed by atoms with van der Waals surface area (Å²) in [5.41, 5.74) is 6.07. The van der Waals surface area contributed by atoms with Crippen LogP contribution in [0.1, 0.15) is 20.3 Å². The fourth-order valence-electron chi connectivity index (χ4n) is 1.77. The monoisotopic (exact) mass is 237 g/mol. The number of aromatic amines is 1. The Kier molecular flexibility index (Phi) is 2.79. The lowest BCUT2D eigenvalue weighted by atomic mass is 10.0. The first kappa shape index (κ1) is 11.9. The molecular formula is C12H16FN3O. The van der Waals surface area contributed by atoms with Gasteiger partial charge in [-0.2, -0.15) is 0 Å². The van der Waals surface area contributed by atoms with Gasteiger partial charge in [0.1, 0.15) is 11.3 Å². The highest BCUT2D eigenvalue weighted by molar-refractivity contribution is 5.75. The van der Waals surface area contributed by atoms with E-state index in [0.717, 1.165) is 0 Å². The minimum Gasteiger partial charge on any atom is -0.325 e. The number of nitrogens with zero attached hydrogens (tertiary/aromatic N) is 1. The zero-order valence-electron chi connectivity index (χ0n) is 9.96. The van der Waals surface area contributed by atoms with Crippen molar-refractivity contribution < 1.29 is 4.39 Å². The molecule has 2 rings (SSSR count). The summed E-state index contributed by atoms with van der Waals surface area (Å²) in [6, 6.07) is 4.64.